The van der Waals surface area contributed by atoms with Crippen molar-refractivity contribution in [3.05, 3.63) is 138 Å². The van der Waals surface area contributed by atoms with Crippen LogP contribution in [0.5, 0.6) is 5.75 Å². The molecule has 0 fully saturated rings. The molecular weight excluding hydrogens is 576 g/mol. The fourth-order valence-corrected chi connectivity index (χ4v) is 5.33. The average Bonchev–Trinajstić information content (AvgIpc) is 3.05. The van der Waals surface area contributed by atoms with Gasteiger partial charge in [0.1, 0.15) is 10.6 Å². The lowest BCUT2D eigenvalue weighted by molar-refractivity contribution is -0.118. The van der Waals surface area contributed by atoms with Crippen LogP contribution in [-0.2, 0) is 19.2 Å². The molecule has 0 saturated carbocycles. The fraction of sp³-hybridized carbons (Fsp3) is 0.114. The molecule has 0 aliphatic heterocycles. The Morgan fingerprint density at radius 1 is 0.750 bits per heavy atom. The van der Waals surface area contributed by atoms with Crippen molar-refractivity contribution in [2.24, 2.45) is 5.16 Å². The summed E-state index contributed by atoms with van der Waals surface area (Å²) in [6, 6.07) is 34.4. The molecule has 0 unspecified atom stereocenters. The van der Waals surface area contributed by atoms with E-state index in [1.54, 1.807) is 78.6 Å². The highest BCUT2D eigenvalue weighted by atomic mass is 32.2. The molecule has 0 atom stereocenters. The van der Waals surface area contributed by atoms with E-state index in [0.717, 1.165) is 5.56 Å². The van der Waals surface area contributed by atoms with E-state index in [2.05, 4.69) is 5.16 Å². The van der Waals surface area contributed by atoms with E-state index >= 15 is 0 Å². The number of oxime groups is 1. The first-order valence-electron chi connectivity index (χ1n) is 14.0. The monoisotopic (exact) mass is 606 g/mol. The van der Waals surface area contributed by atoms with Gasteiger partial charge >= 0.3 is 10.1 Å². The summed E-state index contributed by atoms with van der Waals surface area (Å²) in [5.74, 6) is -0.167. The van der Waals surface area contributed by atoms with E-state index in [9.17, 15) is 18.0 Å². The molecule has 0 spiro atoms. The maximum atomic E-state index is 14.0. The second kappa shape index (κ2) is 13.4. The Hall–Kier alpha value is -5.28. The molecule has 5 aromatic rings. The molecule has 0 heterocycles. The number of hydrogen-bond donors (Lipinski definition) is 0. The highest BCUT2D eigenvalue weighted by Crippen LogP contribution is 2.30. The van der Waals surface area contributed by atoms with Crippen molar-refractivity contribution in [3.63, 3.8) is 0 Å². The largest absolute Gasteiger partial charge is 0.472 e. The molecule has 0 saturated heterocycles. The number of nitrogens with zero attached hydrogens (tertiary/aromatic N) is 2. The van der Waals surface area contributed by atoms with Crippen molar-refractivity contribution in [2.45, 2.75) is 25.2 Å². The number of rotatable bonds is 11. The minimum atomic E-state index is -4.28. The predicted octanol–water partition coefficient (Wildman–Crippen LogP) is 6.92. The summed E-state index contributed by atoms with van der Waals surface area (Å²) >= 11 is 0. The topological polar surface area (TPSA) is 102 Å². The third-order valence-electron chi connectivity index (χ3n) is 6.95. The number of hydrogen-bond acceptors (Lipinski definition) is 7. The number of carbonyl (C=O) groups excluding carboxylic acids is 2. The van der Waals surface area contributed by atoms with Crippen LogP contribution >= 0.6 is 0 Å². The quantitative estimate of drug-likeness (QED) is 0.0700. The molecule has 8 nitrogen and oxygen atoms in total. The van der Waals surface area contributed by atoms with Gasteiger partial charge in [0.15, 0.2) is 12.4 Å². The van der Waals surface area contributed by atoms with Crippen molar-refractivity contribution in [3.8, 4) is 5.75 Å². The molecule has 1 amide bonds. The van der Waals surface area contributed by atoms with E-state index < -0.39 is 15.9 Å². The molecule has 5 aromatic carbocycles. The number of amides is 1. The van der Waals surface area contributed by atoms with Crippen molar-refractivity contribution in [2.75, 3.05) is 11.6 Å². The maximum Gasteiger partial charge on any atom is 0.358 e. The number of ether oxygens (including phenoxy) is 1. The third-order valence-corrected chi connectivity index (χ3v) is 8.07. The van der Waals surface area contributed by atoms with Crippen LogP contribution in [0.4, 0.5) is 5.69 Å². The van der Waals surface area contributed by atoms with Gasteiger partial charge in [0.2, 0.25) is 11.7 Å². The highest BCUT2D eigenvalue weighted by Gasteiger charge is 2.24. The highest BCUT2D eigenvalue weighted by molar-refractivity contribution is 7.86. The normalized spacial score (nSPS) is 11.6. The van der Waals surface area contributed by atoms with Gasteiger partial charge in [0, 0.05) is 28.6 Å². The summed E-state index contributed by atoms with van der Waals surface area (Å²) in [5, 5.41) is 5.09. The molecule has 0 radical (unpaired) electrons. The summed E-state index contributed by atoms with van der Waals surface area (Å²) in [4.78, 5) is 28.2. The number of anilines is 1. The Kier molecular flexibility index (Phi) is 9.16. The SMILES string of the molecule is CCC(=O)N(COc1ccc(C(=O)/C(=N/OS(=O)(=O)c2ccc(C)cc2)c2ccccc2)c2ccccc12)c1ccccc1. The maximum absolute atomic E-state index is 14.0. The zero-order chi connectivity index (χ0) is 31.1. The van der Waals surface area contributed by atoms with E-state index in [-0.39, 0.29) is 28.8 Å². The molecule has 0 N–H and O–H groups in total. The number of aryl methyl sites for hydroxylation is 1. The Morgan fingerprint density at radius 3 is 2.02 bits per heavy atom. The van der Waals surface area contributed by atoms with Crippen LogP contribution in [0.3, 0.4) is 0 Å². The summed E-state index contributed by atoms with van der Waals surface area (Å²) in [6.45, 7) is 3.59. The van der Waals surface area contributed by atoms with E-state index in [1.807, 2.05) is 49.4 Å². The molecule has 0 bridgehead atoms. The van der Waals surface area contributed by atoms with Crippen LogP contribution in [0.1, 0.15) is 34.8 Å². The van der Waals surface area contributed by atoms with Crippen LogP contribution in [0.2, 0.25) is 0 Å². The zero-order valence-corrected chi connectivity index (χ0v) is 25.0. The number of Topliss-reactive ketones (excluding diaryl/α,β-unsaturated/α-hetero) is 1. The van der Waals surface area contributed by atoms with Gasteiger partial charge in [-0.3, -0.25) is 18.8 Å². The van der Waals surface area contributed by atoms with Crippen molar-refractivity contribution in [1.82, 2.24) is 0 Å². The van der Waals surface area contributed by atoms with Gasteiger partial charge in [0.05, 0.1) is 0 Å². The van der Waals surface area contributed by atoms with Crippen molar-refractivity contribution < 1.29 is 27.0 Å². The first-order chi connectivity index (χ1) is 21.3. The minimum absolute atomic E-state index is 0.0323. The molecule has 9 heteroatoms. The molecular formula is C35H30N2O6S. The van der Waals surface area contributed by atoms with Crippen LogP contribution in [0.25, 0.3) is 10.8 Å². The predicted molar refractivity (Wildman–Crippen MR) is 170 cm³/mol. The molecule has 0 aromatic heterocycles. The first-order valence-corrected chi connectivity index (χ1v) is 15.4. The lowest BCUT2D eigenvalue weighted by atomic mass is 9.95. The van der Waals surface area contributed by atoms with Gasteiger partial charge in [-0.15, -0.1) is 0 Å². The number of fused-ring (bicyclic) bond motifs is 1. The second-order valence-electron chi connectivity index (χ2n) is 9.92. The van der Waals surface area contributed by atoms with Crippen LogP contribution < -0.4 is 9.64 Å². The molecule has 5 rings (SSSR count). The number of para-hydroxylation sites is 1. The van der Waals surface area contributed by atoms with Crippen LogP contribution in [-0.4, -0.2) is 32.6 Å². The van der Waals surface area contributed by atoms with E-state index in [1.165, 1.54) is 12.1 Å². The Balaban J connectivity index is 1.50. The van der Waals surface area contributed by atoms with Gasteiger partial charge in [-0.25, -0.2) is 0 Å². The smallest absolute Gasteiger partial charge is 0.358 e. The molecule has 0 aliphatic rings. The Morgan fingerprint density at radius 2 is 1.36 bits per heavy atom. The molecule has 222 valence electrons. The second-order valence-corrected chi connectivity index (χ2v) is 11.4. The lowest BCUT2D eigenvalue weighted by Gasteiger charge is -2.23. The van der Waals surface area contributed by atoms with Gasteiger partial charge in [-0.05, 0) is 48.7 Å². The fourth-order valence-electron chi connectivity index (χ4n) is 4.60. The third kappa shape index (κ3) is 6.68. The lowest BCUT2D eigenvalue weighted by Crippen LogP contribution is -2.34. The number of benzene rings is 5. The molecule has 0 aliphatic carbocycles. The van der Waals surface area contributed by atoms with Crippen LogP contribution in [0, 0.1) is 6.92 Å². The summed E-state index contributed by atoms with van der Waals surface area (Å²) in [5.41, 5.74) is 2.08. The number of carbonyl (C=O) groups is 2. The standard InChI is InChI=1S/C35H30N2O6S/c1-3-33(38)37(27-14-8-5-9-15-27)24-42-32-23-22-31(29-16-10-11-17-30(29)32)35(39)34(26-12-6-4-7-13-26)36-43-44(40,41)28-20-18-25(2)19-21-28/h4-23H,3,24H2,1-2H3/b36-34+. The molecule has 44 heavy (non-hydrogen) atoms. The number of ketones is 1. The van der Waals surface area contributed by atoms with E-state index in [4.69, 9.17) is 9.02 Å². The van der Waals surface area contributed by atoms with Crippen molar-refractivity contribution in [1.29, 1.82) is 0 Å². The first kappa shape index (κ1) is 30.2. The Labute approximate surface area is 256 Å². The zero-order valence-electron chi connectivity index (χ0n) is 24.2. The van der Waals surface area contributed by atoms with Crippen LogP contribution in [0.15, 0.2) is 131 Å². The summed E-state index contributed by atoms with van der Waals surface area (Å²) in [7, 11) is -4.28. The summed E-state index contributed by atoms with van der Waals surface area (Å²) < 4.78 is 37.0. The van der Waals surface area contributed by atoms with Gasteiger partial charge in [-0.1, -0.05) is 103 Å². The van der Waals surface area contributed by atoms with Gasteiger partial charge < -0.3 is 4.74 Å². The summed E-state index contributed by atoms with van der Waals surface area (Å²) in [6.07, 6.45) is 0.301. The van der Waals surface area contributed by atoms with Crippen molar-refractivity contribution >= 4 is 44.0 Å². The van der Waals surface area contributed by atoms with Gasteiger partial charge in [-0.2, -0.15) is 8.42 Å². The average molecular weight is 607 g/mol. The van der Waals surface area contributed by atoms with Gasteiger partial charge in [0.25, 0.3) is 0 Å². The minimum Gasteiger partial charge on any atom is -0.472 e. The Bertz CT molecular complexity index is 1920. The van der Waals surface area contributed by atoms with E-state index in [0.29, 0.717) is 34.2 Å².